The van der Waals surface area contributed by atoms with E-state index in [0.717, 1.165) is 11.3 Å². The zero-order valence-electron chi connectivity index (χ0n) is 9.32. The Hall–Kier alpha value is -1.36. The molecule has 0 aliphatic heterocycles. The monoisotopic (exact) mass is 211 g/mol. The Morgan fingerprint density at radius 1 is 1.67 bits per heavy atom. The molecule has 1 aromatic rings. The second-order valence-corrected chi connectivity index (χ2v) is 3.87. The Labute approximate surface area is 89.1 Å². The Balaban J connectivity index is 2.63. The molecule has 0 atom stereocenters. The van der Waals surface area contributed by atoms with E-state index >= 15 is 0 Å². The molecule has 0 unspecified atom stereocenters. The van der Waals surface area contributed by atoms with Crippen LogP contribution >= 0.6 is 0 Å². The first-order valence-corrected chi connectivity index (χ1v) is 4.95. The minimum Gasteiger partial charge on any atom is -0.480 e. The van der Waals surface area contributed by atoms with Crippen LogP contribution in [0, 0.1) is 0 Å². The highest BCUT2D eigenvalue weighted by Gasteiger charge is 2.10. The molecule has 0 saturated carbocycles. The van der Waals surface area contributed by atoms with Gasteiger partial charge in [0.2, 0.25) is 0 Å². The number of nitrogens with zero attached hydrogens (tertiary/aromatic N) is 2. The highest BCUT2D eigenvalue weighted by Crippen LogP contribution is 2.16. The lowest BCUT2D eigenvalue weighted by Crippen LogP contribution is -2.22. The summed E-state index contributed by atoms with van der Waals surface area (Å²) in [5.74, 6) is -0.488. The second-order valence-electron chi connectivity index (χ2n) is 3.87. The maximum atomic E-state index is 10.3. The average molecular weight is 211 g/mol. The first kappa shape index (κ1) is 11.7. The normalized spacial score (nSPS) is 10.9. The van der Waals surface area contributed by atoms with Gasteiger partial charge >= 0.3 is 5.97 Å². The van der Waals surface area contributed by atoms with Crippen LogP contribution in [0.3, 0.4) is 0 Å². The molecular formula is C10H17N3O2. The Morgan fingerprint density at radius 2 is 2.33 bits per heavy atom. The topological polar surface area (TPSA) is 67.2 Å². The van der Waals surface area contributed by atoms with Crippen LogP contribution in [0.5, 0.6) is 0 Å². The van der Waals surface area contributed by atoms with Crippen LogP contribution in [-0.2, 0) is 18.4 Å². The molecule has 2 N–H and O–H groups in total. The third-order valence-electron chi connectivity index (χ3n) is 2.08. The third-order valence-corrected chi connectivity index (χ3v) is 2.08. The van der Waals surface area contributed by atoms with Crippen LogP contribution in [0.4, 0.5) is 0 Å². The number of aryl methyl sites for hydroxylation is 1. The van der Waals surface area contributed by atoms with Crippen molar-refractivity contribution in [3.8, 4) is 0 Å². The number of rotatable bonds is 5. The van der Waals surface area contributed by atoms with E-state index in [1.807, 2.05) is 13.2 Å². The van der Waals surface area contributed by atoms with Gasteiger partial charge in [-0.05, 0) is 5.92 Å². The highest BCUT2D eigenvalue weighted by atomic mass is 16.4. The van der Waals surface area contributed by atoms with Crippen LogP contribution in [0.25, 0.3) is 0 Å². The van der Waals surface area contributed by atoms with Crippen molar-refractivity contribution in [1.82, 2.24) is 15.1 Å². The van der Waals surface area contributed by atoms with Crippen LogP contribution in [-0.4, -0.2) is 27.4 Å². The van der Waals surface area contributed by atoms with Gasteiger partial charge < -0.3 is 10.4 Å². The fourth-order valence-corrected chi connectivity index (χ4v) is 1.48. The van der Waals surface area contributed by atoms with Crippen LogP contribution in [0.15, 0.2) is 6.20 Å². The van der Waals surface area contributed by atoms with Crippen molar-refractivity contribution >= 4 is 5.97 Å². The summed E-state index contributed by atoms with van der Waals surface area (Å²) in [6.45, 7) is 4.67. The van der Waals surface area contributed by atoms with Crippen molar-refractivity contribution in [2.75, 3.05) is 6.54 Å². The zero-order valence-corrected chi connectivity index (χ0v) is 9.32. The molecule has 1 aromatic heterocycles. The van der Waals surface area contributed by atoms with E-state index in [9.17, 15) is 4.79 Å². The number of hydrogen-bond acceptors (Lipinski definition) is 3. The third kappa shape index (κ3) is 3.36. The number of hydrogen-bond donors (Lipinski definition) is 2. The average Bonchev–Trinajstić information content (AvgIpc) is 2.46. The summed E-state index contributed by atoms with van der Waals surface area (Å²) < 4.78 is 1.76. The molecule has 0 spiro atoms. The minimum atomic E-state index is -0.843. The van der Waals surface area contributed by atoms with Crippen LogP contribution in [0.1, 0.15) is 31.0 Å². The van der Waals surface area contributed by atoms with Gasteiger partial charge in [-0.3, -0.25) is 9.48 Å². The van der Waals surface area contributed by atoms with Crippen LogP contribution in [0.2, 0.25) is 0 Å². The van der Waals surface area contributed by atoms with E-state index in [1.54, 1.807) is 4.68 Å². The van der Waals surface area contributed by atoms with E-state index < -0.39 is 5.97 Å². The second kappa shape index (κ2) is 4.93. The number of aromatic nitrogens is 2. The molecule has 0 aliphatic rings. The molecule has 0 bridgehead atoms. The first-order valence-electron chi connectivity index (χ1n) is 4.95. The molecule has 0 saturated heterocycles. The largest absolute Gasteiger partial charge is 0.480 e. The zero-order chi connectivity index (χ0) is 11.4. The lowest BCUT2D eigenvalue weighted by molar-refractivity contribution is -0.135. The van der Waals surface area contributed by atoms with Crippen molar-refractivity contribution < 1.29 is 9.90 Å². The predicted molar refractivity (Wildman–Crippen MR) is 56.6 cm³/mol. The molecule has 5 nitrogen and oxygen atoms in total. The van der Waals surface area contributed by atoms with Gasteiger partial charge in [0.05, 0.1) is 12.2 Å². The lowest BCUT2D eigenvalue weighted by Gasteiger charge is -2.05. The van der Waals surface area contributed by atoms with E-state index in [4.69, 9.17) is 5.11 Å². The maximum absolute atomic E-state index is 10.3. The number of carbonyl (C=O) groups is 1. The minimum absolute atomic E-state index is 0.0214. The van der Waals surface area contributed by atoms with Crippen molar-refractivity contribution in [3.05, 3.63) is 17.5 Å². The van der Waals surface area contributed by atoms with Crippen LogP contribution < -0.4 is 5.32 Å². The molecular weight excluding hydrogens is 194 g/mol. The molecule has 0 aromatic carbocycles. The van der Waals surface area contributed by atoms with Crippen molar-refractivity contribution in [2.45, 2.75) is 26.3 Å². The quantitative estimate of drug-likeness (QED) is 0.753. The van der Waals surface area contributed by atoms with Crippen molar-refractivity contribution in [3.63, 3.8) is 0 Å². The maximum Gasteiger partial charge on any atom is 0.317 e. The number of nitrogens with one attached hydrogen (secondary N) is 1. The van der Waals surface area contributed by atoms with Gasteiger partial charge in [0.1, 0.15) is 0 Å². The SMILES string of the molecule is CC(C)c1nn(C)cc1CNCC(=O)O. The molecule has 0 amide bonds. The van der Waals surface area contributed by atoms with Crippen molar-refractivity contribution in [2.24, 2.45) is 7.05 Å². The number of carboxylic acid groups (broad SMARTS) is 1. The summed E-state index contributed by atoms with van der Waals surface area (Å²) in [5.41, 5.74) is 2.09. The number of aliphatic carboxylic acids is 1. The molecule has 5 heteroatoms. The van der Waals surface area contributed by atoms with E-state index in [2.05, 4.69) is 24.3 Å². The van der Waals surface area contributed by atoms with Crippen molar-refractivity contribution in [1.29, 1.82) is 0 Å². The number of carboxylic acids is 1. The van der Waals surface area contributed by atoms with E-state index in [-0.39, 0.29) is 6.54 Å². The van der Waals surface area contributed by atoms with Gasteiger partial charge in [0.15, 0.2) is 0 Å². The van der Waals surface area contributed by atoms with Gasteiger partial charge in [0.25, 0.3) is 0 Å². The molecule has 0 fully saturated rings. The molecule has 0 aliphatic carbocycles. The summed E-state index contributed by atoms with van der Waals surface area (Å²) in [6, 6.07) is 0. The summed E-state index contributed by atoms with van der Waals surface area (Å²) in [4.78, 5) is 10.3. The molecule has 1 heterocycles. The van der Waals surface area contributed by atoms with E-state index in [0.29, 0.717) is 12.5 Å². The summed E-state index contributed by atoms with van der Waals surface area (Å²) >= 11 is 0. The summed E-state index contributed by atoms with van der Waals surface area (Å²) in [7, 11) is 1.87. The summed E-state index contributed by atoms with van der Waals surface area (Å²) in [5, 5.41) is 15.7. The molecule has 84 valence electrons. The lowest BCUT2D eigenvalue weighted by atomic mass is 10.1. The Bertz CT molecular complexity index is 344. The molecule has 1 rings (SSSR count). The van der Waals surface area contributed by atoms with Gasteiger partial charge in [-0.25, -0.2) is 0 Å². The van der Waals surface area contributed by atoms with Gasteiger partial charge in [-0.1, -0.05) is 13.8 Å². The predicted octanol–water partition coefficient (Wildman–Crippen LogP) is 0.718. The molecule has 15 heavy (non-hydrogen) atoms. The fraction of sp³-hybridized carbons (Fsp3) is 0.600. The Morgan fingerprint density at radius 3 is 2.87 bits per heavy atom. The summed E-state index contributed by atoms with van der Waals surface area (Å²) in [6.07, 6.45) is 1.92. The highest BCUT2D eigenvalue weighted by molar-refractivity contribution is 5.68. The fourth-order valence-electron chi connectivity index (χ4n) is 1.48. The Kier molecular flexibility index (Phi) is 3.85. The smallest absolute Gasteiger partial charge is 0.317 e. The van der Waals surface area contributed by atoms with Gasteiger partial charge in [-0.2, -0.15) is 5.10 Å². The standard InChI is InChI=1S/C10H17N3O2/c1-7(2)10-8(6-13(3)12-10)4-11-5-9(14)15/h6-7,11H,4-5H2,1-3H3,(H,14,15). The van der Waals surface area contributed by atoms with Gasteiger partial charge in [0, 0.05) is 25.4 Å². The molecule has 0 radical (unpaired) electrons. The van der Waals surface area contributed by atoms with E-state index in [1.165, 1.54) is 0 Å². The first-order chi connectivity index (χ1) is 7.00. The van der Waals surface area contributed by atoms with Gasteiger partial charge in [-0.15, -0.1) is 0 Å².